The molecule has 1 aromatic heterocycles. The van der Waals surface area contributed by atoms with E-state index in [9.17, 15) is 19.2 Å². The number of carbonyl (C=O) groups excluding carboxylic acids is 4. The van der Waals surface area contributed by atoms with E-state index in [0.717, 1.165) is 27.6 Å². The van der Waals surface area contributed by atoms with Crippen LogP contribution in [0.4, 0.5) is 4.79 Å². The van der Waals surface area contributed by atoms with E-state index in [4.69, 9.17) is 14.2 Å². The minimum Gasteiger partial charge on any atom is -0.496 e. The Morgan fingerprint density at radius 2 is 1.73 bits per heavy atom. The van der Waals surface area contributed by atoms with Crippen LogP contribution in [0.1, 0.15) is 38.8 Å². The fraction of sp³-hybridized carbons (Fsp3) is 0.400. The average molecular weight is 565 g/mol. The zero-order chi connectivity index (χ0) is 29.9. The summed E-state index contributed by atoms with van der Waals surface area (Å²) in [6.45, 7) is 6.65. The number of H-pyrrole nitrogens is 1. The maximum atomic E-state index is 13.4. The molecule has 3 amide bonds. The van der Waals surface area contributed by atoms with Gasteiger partial charge in [0.1, 0.15) is 29.5 Å². The monoisotopic (exact) mass is 564 g/mol. The van der Waals surface area contributed by atoms with E-state index in [1.54, 1.807) is 34.1 Å². The van der Waals surface area contributed by atoms with Crippen LogP contribution in [0, 0.1) is 0 Å². The summed E-state index contributed by atoms with van der Waals surface area (Å²) in [4.78, 5) is 55.1. The Morgan fingerprint density at radius 1 is 0.976 bits per heavy atom. The highest BCUT2D eigenvalue weighted by atomic mass is 16.6. The standard InChI is InChI=1S/C30H36N4O7/c1-16-26(35)33-23(28(37)40-6)14-18-15-31-25-19(18)8-7-9-21(25)20-11-10-17(13-24(20)39-5)12-22(27(36)32-16)34-29(38)41-30(2,3)4/h7-11,13,15-16,22-23,31H,12,14H2,1-6H3,(H,32,36)(H,33,35)(H,34,38)/t16-,22-,23-/m0/s1. The molecule has 41 heavy (non-hydrogen) atoms. The summed E-state index contributed by atoms with van der Waals surface area (Å²) < 4.78 is 16.1. The fourth-order valence-corrected chi connectivity index (χ4v) is 4.82. The van der Waals surface area contributed by atoms with E-state index in [-0.39, 0.29) is 12.8 Å². The summed E-state index contributed by atoms with van der Waals surface area (Å²) >= 11 is 0. The Morgan fingerprint density at radius 3 is 2.41 bits per heavy atom. The third-order valence-electron chi connectivity index (χ3n) is 6.78. The van der Waals surface area contributed by atoms with Crippen LogP contribution in [0.5, 0.6) is 5.75 Å². The first-order valence-corrected chi connectivity index (χ1v) is 13.3. The molecule has 0 fully saturated rings. The molecule has 5 rings (SSSR count). The minimum atomic E-state index is -1.07. The summed E-state index contributed by atoms with van der Waals surface area (Å²) in [6.07, 6.45) is 1.28. The Hall–Kier alpha value is -4.54. The van der Waals surface area contributed by atoms with Crippen LogP contribution in [-0.4, -0.2) is 66.8 Å². The molecule has 11 heteroatoms. The molecule has 6 bridgehead atoms. The number of aromatic amines is 1. The molecule has 0 saturated carbocycles. The van der Waals surface area contributed by atoms with Gasteiger partial charge in [0.05, 0.1) is 19.7 Å². The van der Waals surface area contributed by atoms with Crippen LogP contribution in [0.2, 0.25) is 0 Å². The zero-order valence-corrected chi connectivity index (χ0v) is 24.0. The van der Waals surface area contributed by atoms with Crippen molar-refractivity contribution in [2.24, 2.45) is 0 Å². The molecule has 2 aromatic carbocycles. The molecule has 218 valence electrons. The largest absolute Gasteiger partial charge is 0.496 e. The van der Waals surface area contributed by atoms with Gasteiger partial charge in [-0.3, -0.25) is 9.59 Å². The fourth-order valence-electron chi connectivity index (χ4n) is 4.82. The van der Waals surface area contributed by atoms with Crippen molar-refractivity contribution in [3.63, 3.8) is 0 Å². The highest BCUT2D eigenvalue weighted by Crippen LogP contribution is 2.36. The van der Waals surface area contributed by atoms with Gasteiger partial charge in [-0.15, -0.1) is 0 Å². The molecule has 3 aromatic rings. The summed E-state index contributed by atoms with van der Waals surface area (Å²) in [5, 5.41) is 8.85. The van der Waals surface area contributed by atoms with E-state index in [0.29, 0.717) is 11.3 Å². The number of hydrogen-bond donors (Lipinski definition) is 4. The van der Waals surface area contributed by atoms with Crippen molar-refractivity contribution in [1.82, 2.24) is 20.9 Å². The number of benzene rings is 2. The molecule has 0 radical (unpaired) electrons. The van der Waals surface area contributed by atoms with E-state index < -0.39 is 47.6 Å². The Kier molecular flexibility index (Phi) is 8.55. The van der Waals surface area contributed by atoms with E-state index in [2.05, 4.69) is 20.9 Å². The predicted octanol–water partition coefficient (Wildman–Crippen LogP) is 3.00. The molecule has 2 aliphatic rings. The van der Waals surface area contributed by atoms with Gasteiger partial charge in [0, 0.05) is 35.6 Å². The van der Waals surface area contributed by atoms with Crippen LogP contribution < -0.4 is 20.7 Å². The molecule has 3 atom stereocenters. The van der Waals surface area contributed by atoms with Crippen LogP contribution >= 0.6 is 0 Å². The number of rotatable bonds is 3. The molecule has 3 heterocycles. The van der Waals surface area contributed by atoms with E-state index >= 15 is 0 Å². The van der Waals surface area contributed by atoms with E-state index in [1.807, 2.05) is 36.4 Å². The van der Waals surface area contributed by atoms with Crippen molar-refractivity contribution in [2.75, 3.05) is 14.2 Å². The predicted molar refractivity (Wildman–Crippen MR) is 152 cm³/mol. The van der Waals surface area contributed by atoms with Crippen molar-refractivity contribution in [2.45, 2.75) is 64.3 Å². The second kappa shape index (κ2) is 11.9. The van der Waals surface area contributed by atoms with Gasteiger partial charge < -0.3 is 35.1 Å². The lowest BCUT2D eigenvalue weighted by molar-refractivity contribution is -0.145. The normalized spacial score (nSPS) is 19.7. The number of aromatic nitrogens is 1. The number of methoxy groups -OCH3 is 2. The molecular weight excluding hydrogens is 528 g/mol. The number of ether oxygens (including phenoxy) is 3. The number of alkyl carbamates (subject to hydrolysis) is 1. The maximum absolute atomic E-state index is 13.4. The first kappa shape index (κ1) is 29.4. The van der Waals surface area contributed by atoms with Gasteiger partial charge in [-0.2, -0.15) is 0 Å². The third-order valence-corrected chi connectivity index (χ3v) is 6.78. The van der Waals surface area contributed by atoms with Gasteiger partial charge in [-0.1, -0.05) is 30.3 Å². The molecular formula is C30H36N4O7. The lowest BCUT2D eigenvalue weighted by Gasteiger charge is -2.25. The van der Waals surface area contributed by atoms with Crippen molar-refractivity contribution in [1.29, 1.82) is 0 Å². The summed E-state index contributed by atoms with van der Waals surface area (Å²) in [6, 6.07) is 8.27. The lowest BCUT2D eigenvalue weighted by atomic mass is 9.96. The minimum absolute atomic E-state index is 0.0949. The number of carbonyl (C=O) groups is 4. The van der Waals surface area contributed by atoms with Gasteiger partial charge in [0.15, 0.2) is 0 Å². The summed E-state index contributed by atoms with van der Waals surface area (Å²) in [5.41, 5.74) is 3.25. The van der Waals surface area contributed by atoms with Crippen LogP contribution in [0.25, 0.3) is 22.0 Å². The topological polar surface area (TPSA) is 148 Å². The second-order valence-electron chi connectivity index (χ2n) is 11.0. The number of nitrogens with one attached hydrogen (secondary N) is 4. The second-order valence-corrected chi connectivity index (χ2v) is 11.0. The number of hydrogen-bond acceptors (Lipinski definition) is 7. The maximum Gasteiger partial charge on any atom is 0.408 e. The first-order valence-electron chi connectivity index (χ1n) is 13.3. The van der Waals surface area contributed by atoms with Gasteiger partial charge in [-0.25, -0.2) is 9.59 Å². The number of amides is 3. The highest BCUT2D eigenvalue weighted by molar-refractivity contribution is 5.98. The summed E-state index contributed by atoms with van der Waals surface area (Å²) in [5.74, 6) is -1.23. The van der Waals surface area contributed by atoms with Crippen LogP contribution in [-0.2, 0) is 36.7 Å². The molecule has 4 N–H and O–H groups in total. The molecule has 2 aliphatic heterocycles. The number of fused-ring (bicyclic) bond motifs is 10. The molecule has 0 aliphatic carbocycles. The van der Waals surface area contributed by atoms with Crippen LogP contribution in [0.3, 0.4) is 0 Å². The Bertz CT molecular complexity index is 1470. The average Bonchev–Trinajstić information content (AvgIpc) is 3.33. The van der Waals surface area contributed by atoms with Gasteiger partial charge in [0.2, 0.25) is 11.8 Å². The highest BCUT2D eigenvalue weighted by Gasteiger charge is 2.30. The first-order chi connectivity index (χ1) is 19.4. The molecule has 0 unspecified atom stereocenters. The number of para-hydroxylation sites is 1. The Balaban J connectivity index is 1.82. The smallest absolute Gasteiger partial charge is 0.408 e. The summed E-state index contributed by atoms with van der Waals surface area (Å²) in [7, 11) is 2.81. The van der Waals surface area contributed by atoms with Crippen molar-refractivity contribution in [3.8, 4) is 16.9 Å². The van der Waals surface area contributed by atoms with Crippen molar-refractivity contribution < 1.29 is 33.4 Å². The molecule has 0 spiro atoms. The van der Waals surface area contributed by atoms with Gasteiger partial charge >= 0.3 is 12.1 Å². The molecule has 0 saturated heterocycles. The number of esters is 1. The van der Waals surface area contributed by atoms with Crippen molar-refractivity contribution in [3.05, 3.63) is 53.7 Å². The van der Waals surface area contributed by atoms with E-state index in [1.165, 1.54) is 14.0 Å². The quantitative estimate of drug-likeness (QED) is 0.358. The molecule has 11 nitrogen and oxygen atoms in total. The zero-order valence-electron chi connectivity index (χ0n) is 24.0. The van der Waals surface area contributed by atoms with Crippen LogP contribution in [0.15, 0.2) is 42.6 Å². The van der Waals surface area contributed by atoms with Gasteiger partial charge in [-0.05, 0) is 44.9 Å². The lowest BCUT2D eigenvalue weighted by Crippen LogP contribution is -2.56. The third kappa shape index (κ3) is 6.79. The van der Waals surface area contributed by atoms with Gasteiger partial charge in [0.25, 0.3) is 0 Å². The SMILES string of the molecule is COC(=O)[C@@H]1Cc2c[nH]c3c(cccc23)-c2ccc(cc2OC)C[C@H](NC(=O)OC(C)(C)C)C(=O)N[C@@H](C)C(=O)N1. The van der Waals surface area contributed by atoms with Crippen molar-refractivity contribution >= 4 is 34.8 Å². The Labute approximate surface area is 238 Å².